The van der Waals surface area contributed by atoms with Gasteiger partial charge in [0.05, 0.1) is 16.6 Å². The lowest BCUT2D eigenvalue weighted by atomic mass is 10.2. The zero-order chi connectivity index (χ0) is 18.9. The third kappa shape index (κ3) is 3.56. The Hall–Kier alpha value is -2.84. The van der Waals surface area contributed by atoms with E-state index in [-0.39, 0.29) is 10.6 Å². The molecule has 1 aromatic heterocycles. The summed E-state index contributed by atoms with van der Waals surface area (Å²) in [6, 6.07) is 12.0. The summed E-state index contributed by atoms with van der Waals surface area (Å²) < 4.78 is 28.1. The first-order chi connectivity index (χ1) is 12.3. The number of aryl methyl sites for hydroxylation is 1. The molecule has 0 saturated carbocycles. The maximum absolute atomic E-state index is 12.4. The summed E-state index contributed by atoms with van der Waals surface area (Å²) in [6.07, 6.45) is 1.25. The van der Waals surface area contributed by atoms with E-state index in [1.165, 1.54) is 25.3 Å². The van der Waals surface area contributed by atoms with Crippen molar-refractivity contribution in [2.24, 2.45) is 0 Å². The Morgan fingerprint density at radius 3 is 2.50 bits per heavy atom. The van der Waals surface area contributed by atoms with E-state index in [1.807, 2.05) is 6.92 Å². The lowest BCUT2D eigenvalue weighted by molar-refractivity contribution is -0.145. The van der Waals surface area contributed by atoms with Crippen molar-refractivity contribution in [1.82, 2.24) is 9.45 Å². The largest absolute Gasteiger partial charge is 0.506 e. The van der Waals surface area contributed by atoms with Gasteiger partial charge in [0.2, 0.25) is 10.0 Å². The molecule has 3 aromatic rings. The Bertz CT molecular complexity index is 1050. The minimum atomic E-state index is -3.86. The van der Waals surface area contributed by atoms with Crippen LogP contribution in [0.15, 0.2) is 59.6 Å². The monoisotopic (exact) mass is 374 g/mol. The number of fused-ring (bicyclic) bond motifs is 1. The molecule has 0 aliphatic rings. The molecule has 0 unspecified atom stereocenters. The Balaban J connectivity index is 1.76. The van der Waals surface area contributed by atoms with E-state index in [9.17, 15) is 18.3 Å². The summed E-state index contributed by atoms with van der Waals surface area (Å²) in [7, 11) is -3.86. The number of hydrogen-bond donors (Lipinski definition) is 2. The molecule has 26 heavy (non-hydrogen) atoms. The van der Waals surface area contributed by atoms with Gasteiger partial charge in [-0.25, -0.2) is 13.2 Å². The Morgan fingerprint density at radius 1 is 1.15 bits per heavy atom. The average molecular weight is 374 g/mol. The molecule has 7 nitrogen and oxygen atoms in total. The number of aromatic nitrogens is 1. The number of benzene rings is 2. The van der Waals surface area contributed by atoms with Gasteiger partial charge in [0, 0.05) is 5.39 Å². The van der Waals surface area contributed by atoms with Crippen LogP contribution in [0.1, 0.15) is 12.5 Å². The molecule has 0 bridgehead atoms. The van der Waals surface area contributed by atoms with Gasteiger partial charge in [-0.15, -0.1) is 0 Å². The summed E-state index contributed by atoms with van der Waals surface area (Å²) in [4.78, 5) is 17.5. The summed E-state index contributed by atoms with van der Waals surface area (Å²) in [5.41, 5.74) is 1.42. The van der Waals surface area contributed by atoms with E-state index < -0.39 is 22.0 Å². The first-order valence-electron chi connectivity index (χ1n) is 7.88. The van der Waals surface area contributed by atoms with Crippen LogP contribution in [0.4, 0.5) is 0 Å². The van der Waals surface area contributed by atoms with Crippen LogP contribution in [0.25, 0.3) is 10.9 Å². The van der Waals surface area contributed by atoms with Gasteiger partial charge in [-0.3, -0.25) is 0 Å². The Morgan fingerprint density at radius 2 is 1.81 bits per heavy atom. The van der Waals surface area contributed by atoms with Gasteiger partial charge in [0.1, 0.15) is 11.8 Å². The van der Waals surface area contributed by atoms with Crippen molar-refractivity contribution in [2.45, 2.75) is 24.8 Å². The van der Waals surface area contributed by atoms with Crippen LogP contribution >= 0.6 is 0 Å². The van der Waals surface area contributed by atoms with Gasteiger partial charge in [0.25, 0.3) is 0 Å². The van der Waals surface area contributed by atoms with Crippen LogP contribution in [0.3, 0.4) is 0 Å². The number of carbonyl (C=O) groups excluding carboxylic acids is 1. The van der Waals surface area contributed by atoms with Gasteiger partial charge >= 0.3 is 5.97 Å². The highest BCUT2D eigenvalue weighted by atomic mass is 32.2. The number of para-hydroxylation sites is 1. The molecule has 0 fully saturated rings. The second-order valence-electron chi connectivity index (χ2n) is 5.92. The van der Waals surface area contributed by atoms with Gasteiger partial charge in [-0.1, -0.05) is 29.8 Å². The summed E-state index contributed by atoms with van der Waals surface area (Å²) in [6.45, 7) is 3.24. The van der Waals surface area contributed by atoms with E-state index in [2.05, 4.69) is 4.72 Å². The van der Waals surface area contributed by atoms with Crippen LogP contribution in [0.2, 0.25) is 0 Å². The van der Waals surface area contributed by atoms with Crippen LogP contribution in [0, 0.1) is 6.92 Å². The zero-order valence-corrected chi connectivity index (χ0v) is 15.0. The highest BCUT2D eigenvalue weighted by molar-refractivity contribution is 7.89. The molecule has 0 amide bonds. The van der Waals surface area contributed by atoms with E-state index in [4.69, 9.17) is 4.84 Å². The third-order valence-electron chi connectivity index (χ3n) is 3.86. The van der Waals surface area contributed by atoms with Gasteiger partial charge in [0.15, 0.2) is 0 Å². The number of carbonyl (C=O) groups is 1. The highest BCUT2D eigenvalue weighted by Crippen LogP contribution is 2.25. The second-order valence-corrected chi connectivity index (χ2v) is 7.64. The Labute approximate surface area is 150 Å². The molecule has 1 heterocycles. The first kappa shape index (κ1) is 18.0. The van der Waals surface area contributed by atoms with Crippen molar-refractivity contribution in [3.8, 4) is 5.75 Å². The van der Waals surface area contributed by atoms with Crippen molar-refractivity contribution in [3.05, 3.63) is 60.3 Å². The molecule has 2 aromatic carbocycles. The van der Waals surface area contributed by atoms with Gasteiger partial charge in [-0.2, -0.15) is 9.45 Å². The fourth-order valence-electron chi connectivity index (χ4n) is 2.45. The predicted molar refractivity (Wildman–Crippen MR) is 96.2 cm³/mol. The number of hydrogen-bond acceptors (Lipinski definition) is 5. The lowest BCUT2D eigenvalue weighted by Crippen LogP contribution is -2.42. The van der Waals surface area contributed by atoms with Crippen LogP contribution in [-0.4, -0.2) is 30.3 Å². The number of sulfonamides is 1. The normalized spacial score (nSPS) is 12.8. The molecule has 8 heteroatoms. The standard InChI is InChI=1S/C18H18N2O5S/c1-12-7-9-14(10-8-12)26(23,24)19-13(2)18(22)25-20-11-17(21)15-5-3-4-6-16(15)20/h3-11,13,19,21H,1-2H3/t13-/m0/s1. The molecule has 0 saturated heterocycles. The maximum Gasteiger partial charge on any atom is 0.350 e. The molecule has 0 aliphatic heterocycles. The van der Waals surface area contributed by atoms with E-state index in [0.29, 0.717) is 10.9 Å². The SMILES string of the molecule is Cc1ccc(S(=O)(=O)N[C@@H](C)C(=O)On2cc(O)c3ccccc32)cc1. The molecule has 1 atom stereocenters. The number of rotatable bonds is 5. The minimum absolute atomic E-state index is 0.0405. The zero-order valence-electron chi connectivity index (χ0n) is 14.2. The molecule has 2 N–H and O–H groups in total. The summed E-state index contributed by atoms with van der Waals surface area (Å²) >= 11 is 0. The smallest absolute Gasteiger partial charge is 0.350 e. The van der Waals surface area contributed by atoms with E-state index in [0.717, 1.165) is 10.3 Å². The minimum Gasteiger partial charge on any atom is -0.506 e. The number of nitrogens with zero attached hydrogens (tertiary/aromatic N) is 1. The molecule has 0 aliphatic carbocycles. The van der Waals surface area contributed by atoms with Crippen LogP contribution in [0.5, 0.6) is 5.75 Å². The third-order valence-corrected chi connectivity index (χ3v) is 5.42. The fourth-order valence-corrected chi connectivity index (χ4v) is 3.64. The highest BCUT2D eigenvalue weighted by Gasteiger charge is 2.24. The van der Waals surface area contributed by atoms with Crippen LogP contribution < -0.4 is 9.56 Å². The maximum atomic E-state index is 12.4. The van der Waals surface area contributed by atoms with Crippen molar-refractivity contribution in [1.29, 1.82) is 0 Å². The second kappa shape index (κ2) is 6.81. The number of aromatic hydroxyl groups is 1. The molecule has 3 rings (SSSR count). The van der Waals surface area contributed by atoms with Gasteiger partial charge < -0.3 is 9.94 Å². The van der Waals surface area contributed by atoms with Gasteiger partial charge in [-0.05, 0) is 38.1 Å². The molecule has 136 valence electrons. The van der Waals surface area contributed by atoms with Crippen LogP contribution in [-0.2, 0) is 14.8 Å². The topological polar surface area (TPSA) is 97.6 Å². The molecular weight excluding hydrogens is 356 g/mol. The first-order valence-corrected chi connectivity index (χ1v) is 9.36. The van der Waals surface area contributed by atoms with Crippen molar-refractivity contribution < 1.29 is 23.2 Å². The fraction of sp³-hybridized carbons (Fsp3) is 0.167. The van der Waals surface area contributed by atoms with E-state index >= 15 is 0 Å². The molecule has 0 radical (unpaired) electrons. The molecular formula is C18H18N2O5S. The lowest BCUT2D eigenvalue weighted by Gasteiger charge is -2.14. The van der Waals surface area contributed by atoms with Crippen molar-refractivity contribution >= 4 is 26.9 Å². The summed E-state index contributed by atoms with van der Waals surface area (Å²) in [5.74, 6) is -0.845. The Kier molecular flexibility index (Phi) is 4.71. The van der Waals surface area contributed by atoms with Crippen molar-refractivity contribution in [3.63, 3.8) is 0 Å². The van der Waals surface area contributed by atoms with E-state index in [1.54, 1.807) is 36.4 Å². The quantitative estimate of drug-likeness (QED) is 0.712. The average Bonchev–Trinajstić information content (AvgIpc) is 2.91. The predicted octanol–water partition coefficient (Wildman–Crippen LogP) is 1.98. The summed E-state index contributed by atoms with van der Waals surface area (Å²) in [5, 5.41) is 10.4. The molecule has 0 spiro atoms. The number of nitrogens with one attached hydrogen (secondary N) is 1. The van der Waals surface area contributed by atoms with Crippen molar-refractivity contribution in [2.75, 3.05) is 0 Å².